The van der Waals surface area contributed by atoms with Gasteiger partial charge in [-0.2, -0.15) is 0 Å². The third kappa shape index (κ3) is 2.59. The fourth-order valence-electron chi connectivity index (χ4n) is 0.875. The van der Waals surface area contributed by atoms with Gasteiger partial charge in [0, 0.05) is 6.42 Å². The molecule has 1 aromatic carbocycles. The van der Waals surface area contributed by atoms with E-state index in [9.17, 15) is 9.59 Å². The number of phenols is 1. The van der Waals surface area contributed by atoms with E-state index in [1.54, 1.807) is 0 Å². The number of ketones is 1. The van der Waals surface area contributed by atoms with Gasteiger partial charge in [0.05, 0.1) is 0 Å². The molecule has 68 valence electrons. The molecule has 0 saturated heterocycles. The number of aliphatic carboxylic acids is 1. The fraction of sp³-hybridized carbons (Fsp3) is 0.111. The third-order valence-electron chi connectivity index (χ3n) is 1.54. The van der Waals surface area contributed by atoms with Gasteiger partial charge in [0.2, 0.25) is 5.78 Å². The first-order valence-corrected chi connectivity index (χ1v) is 3.63. The summed E-state index contributed by atoms with van der Waals surface area (Å²) in [4.78, 5) is 20.9. The van der Waals surface area contributed by atoms with Crippen LogP contribution in [0, 0.1) is 0 Å². The molecule has 1 rings (SSSR count). The monoisotopic (exact) mass is 182 g/mol. The highest BCUT2D eigenvalue weighted by molar-refractivity contribution is 6.33. The number of Topliss-reactive ketones (excluding diaryl/α,β-unsaturated/α-hetero) is 1. The predicted octanol–water partition coefficient (Wildman–Crippen LogP) is 0.588. The number of hydrogen-bond acceptors (Lipinski definition) is 3. The number of carboxylic acids is 1. The van der Waals surface area contributed by atoms with Crippen LogP contribution in [0.15, 0.2) is 24.3 Å². The maximum absolute atomic E-state index is 10.7. The Morgan fingerprint density at radius 1 is 1.31 bits per heavy atom. The number of carbonyl (C=O) groups is 2. The van der Waals surface area contributed by atoms with Crippen molar-refractivity contribution in [3.05, 3.63) is 29.8 Å². The molecule has 0 spiro atoms. The van der Waals surface area contributed by atoms with E-state index in [4.69, 9.17) is 10.2 Å². The number of phenolic OH excluding ortho intramolecular Hbond substituents is 1. The van der Waals surface area contributed by atoms with Crippen molar-refractivity contribution in [2.24, 2.45) is 0 Å². The molecule has 0 fully saturated rings. The summed E-state index contributed by atoms with van der Waals surface area (Å²) in [6.07, 6.45) is -0.143. The normalized spacial score (nSPS) is 9.54. The Labute approximate surface area is 74.4 Å². The van der Waals surface area contributed by atoms with Crippen molar-refractivity contribution in [1.82, 2.24) is 0 Å². The van der Waals surface area contributed by atoms with Crippen LogP contribution in [-0.4, -0.2) is 22.0 Å². The van der Waals surface area contributed by atoms with E-state index in [1.165, 1.54) is 24.3 Å². The summed E-state index contributed by atoms with van der Waals surface area (Å²) in [7, 11) is 0. The van der Waals surface area contributed by atoms with Crippen molar-refractivity contribution in [1.29, 1.82) is 0 Å². The van der Waals surface area contributed by atoms with Gasteiger partial charge in [-0.3, -0.25) is 4.79 Å². The lowest BCUT2D eigenvalue weighted by Gasteiger charge is -1.97. The van der Waals surface area contributed by atoms with Gasteiger partial charge in [-0.25, -0.2) is 4.79 Å². The van der Waals surface area contributed by atoms with Gasteiger partial charge >= 0.3 is 5.97 Å². The second-order valence-electron chi connectivity index (χ2n) is 2.57. The largest absolute Gasteiger partial charge is 0.508 e. The van der Waals surface area contributed by atoms with Gasteiger partial charge in [0.25, 0.3) is 0 Å². The second-order valence-corrected chi connectivity index (χ2v) is 2.57. The maximum Gasteiger partial charge on any atom is 0.372 e. The van der Waals surface area contributed by atoms with Crippen molar-refractivity contribution in [3.63, 3.8) is 0 Å². The van der Waals surface area contributed by atoms with Crippen LogP contribution in [0.4, 0.5) is 0 Å². The first kappa shape index (κ1) is 9.25. The lowest BCUT2D eigenvalue weighted by atomic mass is 10.3. The van der Waals surface area contributed by atoms with Crippen molar-refractivity contribution in [3.8, 4) is 5.75 Å². The highest BCUT2D eigenvalue weighted by atomic mass is 16.4. The van der Waals surface area contributed by atoms with Gasteiger partial charge < -0.3 is 10.2 Å². The molecule has 0 aliphatic carbocycles. The molecule has 0 bridgehead atoms. The Morgan fingerprint density at radius 2 is 1.85 bits per heavy atom. The molecular weight excluding hydrogens is 174 g/mol. The highest BCUT2D eigenvalue weighted by Crippen LogP contribution is 2.10. The Balaban J connectivity index is 2.70. The average Bonchev–Trinajstić information content (AvgIpc) is 2.08. The lowest BCUT2D eigenvalue weighted by molar-refractivity contribution is -0.148. The molecule has 4 nitrogen and oxygen atoms in total. The van der Waals surface area contributed by atoms with E-state index in [0.29, 0.717) is 5.56 Å². The molecule has 0 heterocycles. The minimum atomic E-state index is -1.44. The molecule has 0 unspecified atom stereocenters. The summed E-state index contributed by atoms with van der Waals surface area (Å²) in [6, 6.07) is 5.83. The van der Waals surface area contributed by atoms with Crippen LogP contribution in [0.5, 0.6) is 5.75 Å². The van der Waals surface area contributed by atoms with E-state index in [0.717, 1.165) is 0 Å². The van der Waals surface area contributed by atoms with Gasteiger partial charge in [0.15, 0.2) is 0 Å². The van der Waals surface area contributed by atoms with E-state index in [-0.39, 0.29) is 12.2 Å². The summed E-state index contributed by atoms with van der Waals surface area (Å²) >= 11 is 0. The third-order valence-corrected chi connectivity index (χ3v) is 1.54. The molecule has 1 aromatic rings. The number of hydrogen-bond donors (Lipinski definition) is 2. The molecule has 0 saturated carbocycles. The van der Waals surface area contributed by atoms with Crippen molar-refractivity contribution < 1.29 is 19.8 Å². The van der Waals surface area contributed by atoms with Crippen LogP contribution >= 0.6 is 0 Å². The molecular formula is C9H8O4. The van der Waals surface area contributed by atoms with E-state index < -0.39 is 11.8 Å². The molecule has 2 N–H and O–H groups in total. The summed E-state index contributed by atoms with van der Waals surface area (Å²) in [5.74, 6) is -2.20. The van der Waals surface area contributed by atoms with Crippen LogP contribution in [0.1, 0.15) is 5.56 Å². The van der Waals surface area contributed by atoms with E-state index >= 15 is 0 Å². The van der Waals surface area contributed by atoms with E-state index in [1.807, 2.05) is 0 Å². The first-order valence-electron chi connectivity index (χ1n) is 3.63. The predicted molar refractivity (Wildman–Crippen MR) is 44.5 cm³/mol. The lowest BCUT2D eigenvalue weighted by Crippen LogP contribution is -2.14. The Kier molecular flexibility index (Phi) is 2.64. The molecule has 13 heavy (non-hydrogen) atoms. The standard InChI is InChI=1S/C9H8O4/c10-7-3-1-6(2-4-7)5-8(11)9(12)13/h1-4,10H,5H2,(H,12,13)/i6+2. The maximum atomic E-state index is 10.7. The summed E-state index contributed by atoms with van der Waals surface area (Å²) < 4.78 is 0. The minimum absolute atomic E-state index is 0.0894. The number of carboxylic acid groups (broad SMARTS) is 1. The first-order chi connectivity index (χ1) is 6.09. The number of rotatable bonds is 3. The quantitative estimate of drug-likeness (QED) is 0.671. The molecule has 0 aliphatic heterocycles. The molecule has 0 atom stereocenters. The number of benzene rings is 1. The van der Waals surface area contributed by atoms with Crippen molar-refractivity contribution in [2.45, 2.75) is 6.42 Å². The summed E-state index contributed by atoms with van der Waals surface area (Å²) in [5, 5.41) is 17.2. The number of carbonyl (C=O) groups excluding carboxylic acids is 1. The molecule has 0 radical (unpaired) electrons. The summed E-state index contributed by atoms with van der Waals surface area (Å²) in [5.41, 5.74) is 0.574. The summed E-state index contributed by atoms with van der Waals surface area (Å²) in [6.45, 7) is 0. The second kappa shape index (κ2) is 3.71. The van der Waals surface area contributed by atoms with Gasteiger partial charge in [-0.15, -0.1) is 0 Å². The van der Waals surface area contributed by atoms with Crippen LogP contribution in [0.3, 0.4) is 0 Å². The zero-order valence-corrected chi connectivity index (χ0v) is 6.73. The molecule has 4 heteroatoms. The van der Waals surface area contributed by atoms with Gasteiger partial charge in [0.1, 0.15) is 5.75 Å². The fourth-order valence-corrected chi connectivity index (χ4v) is 0.875. The van der Waals surface area contributed by atoms with Crippen LogP contribution < -0.4 is 0 Å². The van der Waals surface area contributed by atoms with Crippen LogP contribution in [-0.2, 0) is 16.0 Å². The number of aromatic hydroxyl groups is 1. The zero-order valence-electron chi connectivity index (χ0n) is 6.73. The topological polar surface area (TPSA) is 74.6 Å². The minimum Gasteiger partial charge on any atom is -0.508 e. The van der Waals surface area contributed by atoms with Crippen molar-refractivity contribution >= 4 is 11.8 Å². The smallest absolute Gasteiger partial charge is 0.372 e. The Hall–Kier alpha value is -1.84. The zero-order chi connectivity index (χ0) is 9.84. The molecule has 0 aliphatic rings. The Morgan fingerprint density at radius 3 is 2.31 bits per heavy atom. The van der Waals surface area contributed by atoms with Gasteiger partial charge in [-0.1, -0.05) is 12.1 Å². The van der Waals surface area contributed by atoms with Crippen molar-refractivity contribution in [2.75, 3.05) is 0 Å². The molecule has 0 aromatic heterocycles. The van der Waals surface area contributed by atoms with Crippen LogP contribution in [0.2, 0.25) is 0 Å². The average molecular weight is 182 g/mol. The van der Waals surface area contributed by atoms with Crippen LogP contribution in [0.25, 0.3) is 0 Å². The highest BCUT2D eigenvalue weighted by Gasteiger charge is 2.11. The SMILES string of the molecule is O=C(O)C(=O)C[14c]1ccc(O)cc1. The van der Waals surface area contributed by atoms with Gasteiger partial charge in [-0.05, 0) is 17.7 Å². The molecule has 0 amide bonds. The van der Waals surface area contributed by atoms with E-state index in [2.05, 4.69) is 0 Å². The Bertz CT molecular complexity index is 326.